The van der Waals surface area contributed by atoms with Crippen LogP contribution in [0.25, 0.3) is 10.8 Å². The standard InChI is InChI=1S/C18H17N3O4S/c22-18(23)21-16(13-5-2-1-3-6-13)12-20-26(24,25)17-8-4-7-14-11-19-10-9-15(14)17/h1-11,16,20-21H,12H2,(H,22,23). The van der Waals surface area contributed by atoms with Gasteiger partial charge in [0.05, 0.1) is 10.9 Å². The minimum Gasteiger partial charge on any atom is -0.465 e. The highest BCUT2D eigenvalue weighted by Gasteiger charge is 2.21. The van der Waals surface area contributed by atoms with Gasteiger partial charge in [0.2, 0.25) is 10.0 Å². The molecule has 1 atom stereocenters. The maximum atomic E-state index is 12.8. The van der Waals surface area contributed by atoms with Gasteiger partial charge in [-0.2, -0.15) is 0 Å². The number of rotatable bonds is 6. The summed E-state index contributed by atoms with van der Waals surface area (Å²) < 4.78 is 28.0. The van der Waals surface area contributed by atoms with E-state index in [4.69, 9.17) is 5.11 Å². The molecular formula is C18H17N3O4S. The summed E-state index contributed by atoms with van der Waals surface area (Å²) in [7, 11) is -3.84. The van der Waals surface area contributed by atoms with Crippen LogP contribution in [0.2, 0.25) is 0 Å². The van der Waals surface area contributed by atoms with E-state index in [-0.39, 0.29) is 11.4 Å². The van der Waals surface area contributed by atoms with Crippen molar-refractivity contribution >= 4 is 26.9 Å². The third-order valence-corrected chi connectivity index (χ3v) is 5.39. The Labute approximate surface area is 150 Å². The second-order valence-corrected chi connectivity index (χ2v) is 7.35. The monoisotopic (exact) mass is 371 g/mol. The third-order valence-electron chi connectivity index (χ3n) is 3.91. The van der Waals surface area contributed by atoms with E-state index in [2.05, 4.69) is 15.0 Å². The fourth-order valence-corrected chi connectivity index (χ4v) is 3.96. The van der Waals surface area contributed by atoms with Crippen molar-refractivity contribution in [1.82, 2.24) is 15.0 Å². The van der Waals surface area contributed by atoms with Gasteiger partial charge in [0.1, 0.15) is 0 Å². The second kappa shape index (κ2) is 7.51. The number of nitrogens with one attached hydrogen (secondary N) is 2. The average Bonchev–Trinajstić information content (AvgIpc) is 2.65. The van der Waals surface area contributed by atoms with Gasteiger partial charge in [0.15, 0.2) is 0 Å². The molecule has 0 spiro atoms. The summed E-state index contributed by atoms with van der Waals surface area (Å²) >= 11 is 0. The minimum absolute atomic E-state index is 0.111. The minimum atomic E-state index is -3.84. The van der Waals surface area contributed by atoms with Gasteiger partial charge >= 0.3 is 6.09 Å². The summed E-state index contributed by atoms with van der Waals surface area (Å²) in [5.74, 6) is 0. The number of pyridine rings is 1. The zero-order valence-corrected chi connectivity index (χ0v) is 14.5. The number of sulfonamides is 1. The van der Waals surface area contributed by atoms with Crippen LogP contribution < -0.4 is 10.0 Å². The molecule has 1 unspecified atom stereocenters. The largest absolute Gasteiger partial charge is 0.465 e. The lowest BCUT2D eigenvalue weighted by atomic mass is 10.1. The number of hydrogen-bond acceptors (Lipinski definition) is 4. The summed E-state index contributed by atoms with van der Waals surface area (Å²) in [5, 5.41) is 12.6. The molecule has 0 saturated carbocycles. The Morgan fingerprint density at radius 2 is 1.85 bits per heavy atom. The van der Waals surface area contributed by atoms with Crippen LogP contribution in [0.3, 0.4) is 0 Å². The average molecular weight is 371 g/mol. The molecule has 3 rings (SSSR count). The fourth-order valence-electron chi connectivity index (χ4n) is 2.68. The first-order valence-electron chi connectivity index (χ1n) is 7.84. The van der Waals surface area contributed by atoms with E-state index < -0.39 is 22.2 Å². The number of amides is 1. The lowest BCUT2D eigenvalue weighted by molar-refractivity contribution is 0.190. The van der Waals surface area contributed by atoms with Gasteiger partial charge in [-0.3, -0.25) is 4.98 Å². The fraction of sp³-hybridized carbons (Fsp3) is 0.111. The zero-order valence-electron chi connectivity index (χ0n) is 13.7. The molecule has 7 nitrogen and oxygen atoms in total. The van der Waals surface area contributed by atoms with Crippen LogP contribution in [0, 0.1) is 0 Å². The maximum absolute atomic E-state index is 12.8. The van der Waals surface area contributed by atoms with E-state index in [0.717, 1.165) is 0 Å². The highest BCUT2D eigenvalue weighted by atomic mass is 32.2. The van der Waals surface area contributed by atoms with Crippen molar-refractivity contribution in [2.24, 2.45) is 0 Å². The molecule has 3 aromatic rings. The van der Waals surface area contributed by atoms with E-state index in [9.17, 15) is 13.2 Å². The first kappa shape index (κ1) is 17.8. The number of aromatic nitrogens is 1. The maximum Gasteiger partial charge on any atom is 0.405 e. The van der Waals surface area contributed by atoms with Crippen LogP contribution in [0.15, 0.2) is 71.9 Å². The van der Waals surface area contributed by atoms with E-state index in [1.165, 1.54) is 12.3 Å². The molecule has 0 aliphatic rings. The number of hydrogen-bond donors (Lipinski definition) is 3. The first-order chi connectivity index (χ1) is 12.5. The van der Waals surface area contributed by atoms with Gasteiger partial charge in [-0.1, -0.05) is 42.5 Å². The van der Waals surface area contributed by atoms with Crippen LogP contribution in [0.4, 0.5) is 4.79 Å². The lowest BCUT2D eigenvalue weighted by Gasteiger charge is -2.18. The smallest absolute Gasteiger partial charge is 0.405 e. The molecule has 8 heteroatoms. The van der Waals surface area contributed by atoms with Crippen molar-refractivity contribution in [2.45, 2.75) is 10.9 Å². The molecule has 1 heterocycles. The molecule has 134 valence electrons. The molecule has 0 aliphatic heterocycles. The Hall–Kier alpha value is -2.97. The Kier molecular flexibility index (Phi) is 5.15. The van der Waals surface area contributed by atoms with E-state index in [1.807, 2.05) is 0 Å². The molecule has 0 bridgehead atoms. The predicted molar refractivity (Wildman–Crippen MR) is 97.3 cm³/mol. The first-order valence-corrected chi connectivity index (χ1v) is 9.32. The quantitative estimate of drug-likeness (QED) is 0.617. The molecule has 0 saturated heterocycles. The topological polar surface area (TPSA) is 108 Å². The van der Waals surface area contributed by atoms with E-state index >= 15 is 0 Å². The van der Waals surface area contributed by atoms with Crippen molar-refractivity contribution < 1.29 is 18.3 Å². The Balaban J connectivity index is 1.87. The molecule has 0 aliphatic carbocycles. The van der Waals surface area contributed by atoms with Crippen LogP contribution >= 0.6 is 0 Å². The number of nitrogens with zero attached hydrogens (tertiary/aromatic N) is 1. The zero-order chi connectivity index (χ0) is 18.6. The van der Waals surface area contributed by atoms with Crippen molar-refractivity contribution in [2.75, 3.05) is 6.54 Å². The number of carbonyl (C=O) groups is 1. The lowest BCUT2D eigenvalue weighted by Crippen LogP contribution is -2.37. The molecule has 0 fully saturated rings. The normalized spacial score (nSPS) is 12.6. The molecule has 2 aromatic carbocycles. The van der Waals surface area contributed by atoms with Crippen LogP contribution in [-0.4, -0.2) is 31.1 Å². The van der Waals surface area contributed by atoms with Crippen molar-refractivity contribution in [3.8, 4) is 0 Å². The summed E-state index contributed by atoms with van der Waals surface area (Å²) in [6, 6.07) is 14.6. The number of carboxylic acid groups (broad SMARTS) is 1. The highest BCUT2D eigenvalue weighted by molar-refractivity contribution is 7.89. The van der Waals surface area contributed by atoms with Crippen LogP contribution in [0.1, 0.15) is 11.6 Å². The van der Waals surface area contributed by atoms with Crippen molar-refractivity contribution in [1.29, 1.82) is 0 Å². The Morgan fingerprint density at radius 3 is 2.58 bits per heavy atom. The Morgan fingerprint density at radius 1 is 1.08 bits per heavy atom. The van der Waals surface area contributed by atoms with Gasteiger partial charge in [-0.15, -0.1) is 0 Å². The summed E-state index contributed by atoms with van der Waals surface area (Å²) in [6.07, 6.45) is 1.89. The van der Waals surface area contributed by atoms with Crippen LogP contribution in [0.5, 0.6) is 0 Å². The van der Waals surface area contributed by atoms with Gasteiger partial charge in [-0.25, -0.2) is 17.9 Å². The second-order valence-electron chi connectivity index (χ2n) is 5.62. The molecular weight excluding hydrogens is 354 g/mol. The van der Waals surface area contributed by atoms with E-state index in [1.54, 1.807) is 54.7 Å². The van der Waals surface area contributed by atoms with Gasteiger partial charge in [0.25, 0.3) is 0 Å². The Bertz CT molecular complexity index is 1020. The highest BCUT2D eigenvalue weighted by Crippen LogP contribution is 2.22. The summed E-state index contributed by atoms with van der Waals surface area (Å²) in [6.45, 7) is -0.111. The molecule has 26 heavy (non-hydrogen) atoms. The summed E-state index contributed by atoms with van der Waals surface area (Å²) in [5.41, 5.74) is 0.666. The summed E-state index contributed by atoms with van der Waals surface area (Å²) in [4.78, 5) is 15.2. The third kappa shape index (κ3) is 3.98. The van der Waals surface area contributed by atoms with E-state index in [0.29, 0.717) is 16.3 Å². The number of fused-ring (bicyclic) bond motifs is 1. The van der Waals surface area contributed by atoms with Crippen molar-refractivity contribution in [3.63, 3.8) is 0 Å². The number of benzene rings is 2. The molecule has 1 aromatic heterocycles. The molecule has 0 radical (unpaired) electrons. The predicted octanol–water partition coefficient (Wildman–Crippen LogP) is 2.52. The SMILES string of the molecule is O=C(O)NC(CNS(=O)(=O)c1cccc2cnccc12)c1ccccc1. The van der Waals surface area contributed by atoms with Crippen molar-refractivity contribution in [3.05, 3.63) is 72.6 Å². The molecule has 3 N–H and O–H groups in total. The van der Waals surface area contributed by atoms with Crippen LogP contribution in [-0.2, 0) is 10.0 Å². The van der Waals surface area contributed by atoms with Gasteiger partial charge < -0.3 is 10.4 Å². The molecule has 1 amide bonds. The van der Waals surface area contributed by atoms with Gasteiger partial charge in [0, 0.05) is 29.7 Å². The van der Waals surface area contributed by atoms with Gasteiger partial charge in [-0.05, 0) is 17.7 Å².